The van der Waals surface area contributed by atoms with Gasteiger partial charge in [-0.3, -0.25) is 0 Å². The molecule has 0 spiro atoms. The zero-order chi connectivity index (χ0) is 24.2. The molecule has 0 N–H and O–H groups in total. The second-order valence-electron chi connectivity index (χ2n) is 10.1. The van der Waals surface area contributed by atoms with Crippen molar-refractivity contribution in [3.8, 4) is 0 Å². The van der Waals surface area contributed by atoms with Crippen LogP contribution in [0.25, 0.3) is 0 Å². The molecule has 33 heavy (non-hydrogen) atoms. The predicted molar refractivity (Wildman–Crippen MR) is 128 cm³/mol. The lowest BCUT2D eigenvalue weighted by Gasteiger charge is -2.31. The van der Waals surface area contributed by atoms with Crippen molar-refractivity contribution in [2.45, 2.75) is 53.8 Å². The summed E-state index contributed by atoms with van der Waals surface area (Å²) in [6.45, 7) is 13.3. The van der Waals surface area contributed by atoms with Crippen molar-refractivity contribution >= 4 is 0 Å². The summed E-state index contributed by atoms with van der Waals surface area (Å²) in [4.78, 5) is 0. The van der Waals surface area contributed by atoms with Crippen LogP contribution < -0.4 is 0 Å². The molecule has 2 aromatic carbocycles. The summed E-state index contributed by atoms with van der Waals surface area (Å²) in [5.74, 6) is 0. The van der Waals surface area contributed by atoms with Gasteiger partial charge >= 0.3 is 0 Å². The smallest absolute Gasteiger partial charge is 0.152 e. The van der Waals surface area contributed by atoms with Gasteiger partial charge in [-0.2, -0.15) is 0 Å². The molecule has 6 heteroatoms. The van der Waals surface area contributed by atoms with Crippen LogP contribution in [0.4, 0.5) is 0 Å². The van der Waals surface area contributed by atoms with E-state index in [4.69, 9.17) is 28.4 Å². The fourth-order valence-electron chi connectivity index (χ4n) is 3.49. The van der Waals surface area contributed by atoms with Gasteiger partial charge in [-0.1, -0.05) is 102 Å². The largest absolute Gasteiger partial charge is 0.347 e. The van der Waals surface area contributed by atoms with Crippen LogP contribution in [0.5, 0.6) is 0 Å². The zero-order valence-electron chi connectivity index (χ0n) is 20.9. The molecule has 0 aliphatic carbocycles. The highest BCUT2D eigenvalue weighted by Gasteiger charge is 2.28. The van der Waals surface area contributed by atoms with Gasteiger partial charge in [0.15, 0.2) is 20.4 Å². The molecule has 0 radical (unpaired) electrons. The van der Waals surface area contributed by atoms with Crippen molar-refractivity contribution in [3.05, 3.63) is 71.8 Å². The lowest BCUT2D eigenvalue weighted by Crippen LogP contribution is -2.23. The summed E-state index contributed by atoms with van der Waals surface area (Å²) in [5, 5.41) is 0. The minimum absolute atomic E-state index is 0.0550. The van der Waals surface area contributed by atoms with Crippen LogP contribution in [-0.2, 0) is 28.4 Å². The Morgan fingerprint density at radius 3 is 1.09 bits per heavy atom. The van der Waals surface area contributed by atoms with Gasteiger partial charge in [-0.15, -0.1) is 0 Å². The standard InChI is InChI=1S/C27H40O6/c1-26(2,3)24(22-13-9-7-10-14-22)32-20-30-18-28-17-29-19-31-21-33-25(27(4,5)6)23-15-11-8-12-16-23/h7-16,24-25H,17-21H2,1-6H3/t24-,25-/m1/s1. The number of hydrogen-bond donors (Lipinski definition) is 0. The van der Waals surface area contributed by atoms with E-state index < -0.39 is 0 Å². The second kappa shape index (κ2) is 13.8. The minimum Gasteiger partial charge on any atom is -0.347 e. The average molecular weight is 461 g/mol. The first kappa shape index (κ1) is 27.4. The van der Waals surface area contributed by atoms with E-state index in [1.54, 1.807) is 0 Å². The molecule has 0 aliphatic rings. The first-order valence-corrected chi connectivity index (χ1v) is 11.3. The Bertz CT molecular complexity index is 686. The van der Waals surface area contributed by atoms with Gasteiger partial charge < -0.3 is 28.4 Å². The van der Waals surface area contributed by atoms with Crippen LogP contribution in [0.15, 0.2) is 60.7 Å². The Hall–Kier alpha value is -1.80. The average Bonchev–Trinajstić information content (AvgIpc) is 2.76. The van der Waals surface area contributed by atoms with E-state index in [2.05, 4.69) is 65.8 Å². The van der Waals surface area contributed by atoms with Gasteiger partial charge in [0.1, 0.15) is 13.6 Å². The Morgan fingerprint density at radius 1 is 0.485 bits per heavy atom. The molecular formula is C27H40O6. The van der Waals surface area contributed by atoms with E-state index in [-0.39, 0.29) is 57.0 Å². The van der Waals surface area contributed by atoms with Gasteiger partial charge in [0.05, 0.1) is 12.2 Å². The van der Waals surface area contributed by atoms with Gasteiger partial charge in [-0.05, 0) is 22.0 Å². The highest BCUT2D eigenvalue weighted by Crippen LogP contribution is 2.36. The number of benzene rings is 2. The molecule has 0 heterocycles. The summed E-state index contributed by atoms with van der Waals surface area (Å²) in [5.41, 5.74) is 2.14. The maximum atomic E-state index is 5.95. The molecule has 6 nitrogen and oxygen atoms in total. The lowest BCUT2D eigenvalue weighted by atomic mass is 9.84. The van der Waals surface area contributed by atoms with Crippen molar-refractivity contribution in [2.75, 3.05) is 34.0 Å². The lowest BCUT2D eigenvalue weighted by molar-refractivity contribution is -0.222. The molecule has 0 unspecified atom stereocenters. The van der Waals surface area contributed by atoms with Crippen molar-refractivity contribution in [3.63, 3.8) is 0 Å². The first-order valence-electron chi connectivity index (χ1n) is 11.3. The van der Waals surface area contributed by atoms with E-state index in [9.17, 15) is 0 Å². The SMILES string of the molecule is CC(C)(C)[C@H](OCOCOCOCOCO[C@H](c1ccccc1)C(C)(C)C)c1ccccc1. The Kier molecular flexibility index (Phi) is 11.5. The van der Waals surface area contributed by atoms with E-state index in [1.807, 2.05) is 36.4 Å². The van der Waals surface area contributed by atoms with Crippen LogP contribution in [0.3, 0.4) is 0 Å². The summed E-state index contributed by atoms with van der Waals surface area (Å²) in [6.07, 6.45) is -0.146. The molecule has 0 aromatic heterocycles. The molecule has 2 aromatic rings. The third-order valence-electron chi connectivity index (χ3n) is 4.91. The van der Waals surface area contributed by atoms with E-state index in [0.717, 1.165) is 11.1 Å². The second-order valence-corrected chi connectivity index (χ2v) is 10.1. The Labute approximate surface area is 199 Å². The number of ether oxygens (including phenoxy) is 6. The topological polar surface area (TPSA) is 55.4 Å². The normalized spacial score (nSPS) is 14.2. The maximum absolute atomic E-state index is 5.95. The minimum atomic E-state index is -0.0730. The van der Waals surface area contributed by atoms with Gasteiger partial charge in [0.25, 0.3) is 0 Å². The summed E-state index contributed by atoms with van der Waals surface area (Å²) < 4.78 is 33.4. The quantitative estimate of drug-likeness (QED) is 0.239. The molecule has 0 amide bonds. The molecule has 184 valence electrons. The molecule has 0 saturated carbocycles. The summed E-state index contributed by atoms with van der Waals surface area (Å²) in [6, 6.07) is 20.3. The van der Waals surface area contributed by atoms with E-state index in [0.29, 0.717) is 0 Å². The van der Waals surface area contributed by atoms with Crippen LogP contribution in [0.2, 0.25) is 0 Å². The molecule has 0 aliphatic heterocycles. The molecule has 2 atom stereocenters. The number of rotatable bonds is 14. The third-order valence-corrected chi connectivity index (χ3v) is 4.91. The molecule has 0 fully saturated rings. The van der Waals surface area contributed by atoms with Crippen molar-refractivity contribution < 1.29 is 28.4 Å². The van der Waals surface area contributed by atoms with Gasteiger partial charge in [0.2, 0.25) is 0 Å². The molecular weight excluding hydrogens is 420 g/mol. The van der Waals surface area contributed by atoms with Crippen molar-refractivity contribution in [1.29, 1.82) is 0 Å². The maximum Gasteiger partial charge on any atom is 0.152 e. The highest BCUT2D eigenvalue weighted by molar-refractivity contribution is 5.20. The first-order chi connectivity index (χ1) is 15.7. The predicted octanol–water partition coefficient (Wildman–Crippen LogP) is 6.45. The Morgan fingerprint density at radius 2 is 0.788 bits per heavy atom. The fourth-order valence-corrected chi connectivity index (χ4v) is 3.49. The molecule has 0 saturated heterocycles. The zero-order valence-corrected chi connectivity index (χ0v) is 20.9. The van der Waals surface area contributed by atoms with Crippen LogP contribution >= 0.6 is 0 Å². The van der Waals surface area contributed by atoms with E-state index >= 15 is 0 Å². The Balaban J connectivity index is 1.55. The van der Waals surface area contributed by atoms with E-state index in [1.165, 1.54) is 0 Å². The van der Waals surface area contributed by atoms with Gasteiger partial charge in [0, 0.05) is 0 Å². The fraction of sp³-hybridized carbons (Fsp3) is 0.556. The summed E-state index contributed by atoms with van der Waals surface area (Å²) in [7, 11) is 0. The molecule has 0 bridgehead atoms. The van der Waals surface area contributed by atoms with Crippen LogP contribution in [0.1, 0.15) is 64.9 Å². The van der Waals surface area contributed by atoms with Crippen LogP contribution in [0, 0.1) is 10.8 Å². The third kappa shape index (κ3) is 10.3. The number of hydrogen-bond acceptors (Lipinski definition) is 6. The monoisotopic (exact) mass is 460 g/mol. The molecule has 2 rings (SSSR count). The van der Waals surface area contributed by atoms with Crippen molar-refractivity contribution in [2.24, 2.45) is 10.8 Å². The highest BCUT2D eigenvalue weighted by atomic mass is 16.8. The summed E-state index contributed by atoms with van der Waals surface area (Å²) >= 11 is 0. The van der Waals surface area contributed by atoms with Crippen molar-refractivity contribution in [1.82, 2.24) is 0 Å². The van der Waals surface area contributed by atoms with Gasteiger partial charge in [-0.25, -0.2) is 0 Å². The van der Waals surface area contributed by atoms with Crippen LogP contribution in [-0.4, -0.2) is 34.0 Å².